The minimum Gasteiger partial charge on any atom is -0.399 e. The Labute approximate surface area is 118 Å². The molecule has 20 heavy (non-hydrogen) atoms. The molecule has 3 rings (SSSR count). The second-order valence-corrected chi connectivity index (χ2v) is 4.79. The van der Waals surface area contributed by atoms with Crippen molar-refractivity contribution in [3.63, 3.8) is 0 Å². The van der Waals surface area contributed by atoms with Gasteiger partial charge in [-0.05, 0) is 46.5 Å². The second kappa shape index (κ2) is 5.10. The van der Waals surface area contributed by atoms with Crippen molar-refractivity contribution in [3.05, 3.63) is 72.8 Å². The van der Waals surface area contributed by atoms with Crippen LogP contribution >= 0.6 is 0 Å². The van der Waals surface area contributed by atoms with E-state index in [0.29, 0.717) is 0 Å². The molecule has 2 heteroatoms. The lowest BCUT2D eigenvalue weighted by atomic mass is 9.94. The molecule has 0 saturated heterocycles. The lowest BCUT2D eigenvalue weighted by Gasteiger charge is -2.10. The van der Waals surface area contributed by atoms with Crippen LogP contribution in [-0.2, 0) is 0 Å². The van der Waals surface area contributed by atoms with Gasteiger partial charge in [0.1, 0.15) is 0 Å². The number of rotatable bonds is 2. The third-order valence-corrected chi connectivity index (χ3v) is 3.37. The van der Waals surface area contributed by atoms with Crippen molar-refractivity contribution < 1.29 is 0 Å². The zero-order valence-electron chi connectivity index (χ0n) is 11.1. The average molecular weight is 260 g/mol. The van der Waals surface area contributed by atoms with Crippen LogP contribution in [0.1, 0.15) is 0 Å². The van der Waals surface area contributed by atoms with Gasteiger partial charge in [-0.25, -0.2) is 0 Å². The zero-order valence-corrected chi connectivity index (χ0v) is 11.1. The van der Waals surface area contributed by atoms with Gasteiger partial charge in [-0.1, -0.05) is 48.5 Å². The van der Waals surface area contributed by atoms with E-state index >= 15 is 0 Å². The molecule has 4 N–H and O–H groups in total. The largest absolute Gasteiger partial charge is 0.399 e. The minimum atomic E-state index is 0.777. The maximum atomic E-state index is 5.76. The Hall–Kier alpha value is -2.74. The lowest BCUT2D eigenvalue weighted by Crippen LogP contribution is -1.88. The van der Waals surface area contributed by atoms with Crippen molar-refractivity contribution in [2.24, 2.45) is 0 Å². The van der Waals surface area contributed by atoms with E-state index in [1.165, 1.54) is 11.1 Å². The lowest BCUT2D eigenvalue weighted by molar-refractivity contribution is 1.58. The van der Waals surface area contributed by atoms with Gasteiger partial charge in [0, 0.05) is 11.4 Å². The fourth-order valence-electron chi connectivity index (χ4n) is 2.31. The van der Waals surface area contributed by atoms with Gasteiger partial charge in [0.05, 0.1) is 0 Å². The first-order valence-electron chi connectivity index (χ1n) is 6.55. The molecule has 3 aromatic rings. The summed E-state index contributed by atoms with van der Waals surface area (Å²) in [7, 11) is 0. The Morgan fingerprint density at radius 3 is 1.15 bits per heavy atom. The van der Waals surface area contributed by atoms with Crippen LogP contribution in [0.25, 0.3) is 22.3 Å². The van der Waals surface area contributed by atoms with Gasteiger partial charge in [-0.3, -0.25) is 0 Å². The van der Waals surface area contributed by atoms with Crippen molar-refractivity contribution in [1.82, 2.24) is 0 Å². The van der Waals surface area contributed by atoms with Gasteiger partial charge in [0.25, 0.3) is 0 Å². The van der Waals surface area contributed by atoms with E-state index in [0.717, 1.165) is 22.5 Å². The molecule has 0 unspecified atom stereocenters. The summed E-state index contributed by atoms with van der Waals surface area (Å²) in [5.41, 5.74) is 17.8. The predicted octanol–water partition coefficient (Wildman–Crippen LogP) is 4.19. The second-order valence-electron chi connectivity index (χ2n) is 4.79. The number of benzene rings is 3. The smallest absolute Gasteiger partial charge is 0.0314 e. The number of nitrogen functional groups attached to an aromatic ring is 2. The van der Waals surface area contributed by atoms with E-state index in [9.17, 15) is 0 Å². The Kier molecular flexibility index (Phi) is 3.13. The molecule has 0 aliphatic rings. The summed E-state index contributed by atoms with van der Waals surface area (Å²) in [5, 5.41) is 0. The van der Waals surface area contributed by atoms with Crippen LogP contribution in [0.3, 0.4) is 0 Å². The van der Waals surface area contributed by atoms with Crippen LogP contribution in [0.15, 0.2) is 72.8 Å². The molecule has 0 bridgehead atoms. The molecule has 0 amide bonds. The Morgan fingerprint density at radius 1 is 0.450 bits per heavy atom. The molecule has 0 aliphatic heterocycles. The summed E-state index contributed by atoms with van der Waals surface area (Å²) in [6, 6.07) is 24.2. The van der Waals surface area contributed by atoms with Crippen molar-refractivity contribution in [2.75, 3.05) is 11.5 Å². The van der Waals surface area contributed by atoms with E-state index in [1.807, 2.05) is 60.7 Å². The monoisotopic (exact) mass is 260 g/mol. The van der Waals surface area contributed by atoms with E-state index < -0.39 is 0 Å². The number of anilines is 2. The van der Waals surface area contributed by atoms with E-state index in [2.05, 4.69) is 12.1 Å². The van der Waals surface area contributed by atoms with Crippen molar-refractivity contribution in [3.8, 4) is 22.3 Å². The van der Waals surface area contributed by atoms with Gasteiger partial charge in [-0.2, -0.15) is 0 Å². The quantitative estimate of drug-likeness (QED) is 0.679. The molecule has 0 saturated carbocycles. The molecule has 0 radical (unpaired) electrons. The Balaban J connectivity index is 2.13. The van der Waals surface area contributed by atoms with Crippen LogP contribution < -0.4 is 11.5 Å². The summed E-state index contributed by atoms with van der Waals surface area (Å²) < 4.78 is 0. The van der Waals surface area contributed by atoms with Gasteiger partial charge in [0.15, 0.2) is 0 Å². The fourth-order valence-corrected chi connectivity index (χ4v) is 2.31. The van der Waals surface area contributed by atoms with Crippen LogP contribution in [0, 0.1) is 0 Å². The first-order valence-corrected chi connectivity index (χ1v) is 6.55. The maximum absolute atomic E-state index is 5.76. The van der Waals surface area contributed by atoms with Gasteiger partial charge >= 0.3 is 0 Å². The summed E-state index contributed by atoms with van der Waals surface area (Å²) in [4.78, 5) is 0. The summed E-state index contributed by atoms with van der Waals surface area (Å²) in [6.45, 7) is 0. The van der Waals surface area contributed by atoms with Crippen molar-refractivity contribution >= 4 is 11.4 Å². The zero-order chi connectivity index (χ0) is 13.9. The normalized spacial score (nSPS) is 10.4. The van der Waals surface area contributed by atoms with Gasteiger partial charge < -0.3 is 11.5 Å². The molecule has 0 aromatic heterocycles. The maximum Gasteiger partial charge on any atom is 0.0314 e. The molecule has 98 valence electrons. The molecule has 2 nitrogen and oxygen atoms in total. The Bertz CT molecular complexity index is 649. The average Bonchev–Trinajstić information content (AvgIpc) is 2.49. The van der Waals surface area contributed by atoms with Gasteiger partial charge in [-0.15, -0.1) is 0 Å². The van der Waals surface area contributed by atoms with Crippen molar-refractivity contribution in [2.45, 2.75) is 0 Å². The topological polar surface area (TPSA) is 52.0 Å². The molecular weight excluding hydrogens is 244 g/mol. The molecule has 0 atom stereocenters. The molecule has 0 fully saturated rings. The standard InChI is InChI=1S/C18H16N2/c19-15-9-5-13(6-10-15)17-3-1-2-4-18(17)14-7-11-16(20)12-8-14/h1-12H,19-20H2. The first-order chi connectivity index (χ1) is 9.74. The third-order valence-electron chi connectivity index (χ3n) is 3.37. The van der Waals surface area contributed by atoms with Crippen LogP contribution in [-0.4, -0.2) is 0 Å². The highest BCUT2D eigenvalue weighted by Crippen LogP contribution is 2.32. The molecule has 0 spiro atoms. The number of hydrogen-bond acceptors (Lipinski definition) is 2. The predicted molar refractivity (Wildman–Crippen MR) is 86.1 cm³/mol. The van der Waals surface area contributed by atoms with E-state index in [4.69, 9.17) is 11.5 Å². The number of hydrogen-bond donors (Lipinski definition) is 2. The Morgan fingerprint density at radius 2 is 0.800 bits per heavy atom. The van der Waals surface area contributed by atoms with Gasteiger partial charge in [0.2, 0.25) is 0 Å². The minimum absolute atomic E-state index is 0.777. The molecule has 0 heterocycles. The highest BCUT2D eigenvalue weighted by atomic mass is 14.5. The van der Waals surface area contributed by atoms with Crippen LogP contribution in [0.4, 0.5) is 11.4 Å². The van der Waals surface area contributed by atoms with Crippen molar-refractivity contribution in [1.29, 1.82) is 0 Å². The molecule has 0 aliphatic carbocycles. The van der Waals surface area contributed by atoms with E-state index in [-0.39, 0.29) is 0 Å². The third kappa shape index (κ3) is 2.36. The molecule has 3 aromatic carbocycles. The highest BCUT2D eigenvalue weighted by molar-refractivity contribution is 5.84. The first kappa shape index (κ1) is 12.3. The fraction of sp³-hybridized carbons (Fsp3) is 0. The SMILES string of the molecule is Nc1ccc(-c2ccccc2-c2ccc(N)cc2)cc1. The highest BCUT2D eigenvalue weighted by Gasteiger charge is 2.06. The summed E-state index contributed by atoms with van der Waals surface area (Å²) >= 11 is 0. The van der Waals surface area contributed by atoms with Crippen LogP contribution in [0.2, 0.25) is 0 Å². The number of nitrogens with two attached hydrogens (primary N) is 2. The molecular formula is C18H16N2. The summed E-state index contributed by atoms with van der Waals surface area (Å²) in [6.07, 6.45) is 0. The van der Waals surface area contributed by atoms with E-state index in [1.54, 1.807) is 0 Å². The van der Waals surface area contributed by atoms with Crippen LogP contribution in [0.5, 0.6) is 0 Å². The summed E-state index contributed by atoms with van der Waals surface area (Å²) in [5.74, 6) is 0.